The van der Waals surface area contributed by atoms with Gasteiger partial charge in [0.05, 0.1) is 4.90 Å². The van der Waals surface area contributed by atoms with Crippen molar-refractivity contribution in [2.24, 2.45) is 5.14 Å². The molecular weight excluding hydrogens is 362 g/mol. The fourth-order valence-corrected chi connectivity index (χ4v) is 2.38. The van der Waals surface area contributed by atoms with Crippen LogP contribution < -0.4 is 15.4 Å². The van der Waals surface area contributed by atoms with Gasteiger partial charge in [-0.25, -0.2) is 23.5 Å². The van der Waals surface area contributed by atoms with E-state index in [1.807, 2.05) is 0 Å². The number of anilines is 2. The third-order valence-electron chi connectivity index (χ3n) is 3.09. The van der Waals surface area contributed by atoms with E-state index in [-0.39, 0.29) is 11.4 Å². The Morgan fingerprint density at radius 3 is 2.38 bits per heavy atom. The van der Waals surface area contributed by atoms with Crippen LogP contribution >= 0.6 is 0 Å². The van der Waals surface area contributed by atoms with Gasteiger partial charge in [-0.1, -0.05) is 0 Å². The molecular formula is C15H17N5O5S. The van der Waals surface area contributed by atoms with E-state index >= 15 is 0 Å². The van der Waals surface area contributed by atoms with Gasteiger partial charge in [-0.2, -0.15) is 0 Å². The number of aromatic nitrogens is 2. The average Bonchev–Trinajstić information content (AvgIpc) is 2.60. The molecule has 0 saturated heterocycles. The van der Waals surface area contributed by atoms with Crippen LogP contribution in [-0.2, 0) is 24.3 Å². The van der Waals surface area contributed by atoms with Crippen molar-refractivity contribution in [1.29, 1.82) is 0 Å². The number of rotatable bonds is 7. The summed E-state index contributed by atoms with van der Waals surface area (Å²) in [6.45, 7) is -0.611. The molecule has 2 rings (SSSR count). The van der Waals surface area contributed by atoms with Gasteiger partial charge in [0.1, 0.15) is 6.54 Å². The lowest BCUT2D eigenvalue weighted by Crippen LogP contribution is -2.30. The lowest BCUT2D eigenvalue weighted by molar-refractivity contribution is -0.145. The molecule has 0 fully saturated rings. The summed E-state index contributed by atoms with van der Waals surface area (Å²) in [5.41, 5.74) is 0.341. The summed E-state index contributed by atoms with van der Waals surface area (Å²) in [5.74, 6) is -0.844. The number of amides is 1. The Morgan fingerprint density at radius 1 is 1.19 bits per heavy atom. The minimum atomic E-state index is -3.80. The maximum Gasteiger partial charge on any atom is 0.326 e. The number of primary sulfonamides is 1. The Morgan fingerprint density at radius 2 is 1.81 bits per heavy atom. The monoisotopic (exact) mass is 379 g/mol. The van der Waals surface area contributed by atoms with Crippen molar-refractivity contribution < 1.29 is 22.7 Å². The number of esters is 1. The molecule has 0 aliphatic rings. The van der Waals surface area contributed by atoms with Crippen molar-refractivity contribution in [3.8, 4) is 0 Å². The number of carbonyl (C=O) groups is 2. The van der Waals surface area contributed by atoms with E-state index in [2.05, 4.69) is 15.3 Å². The second kappa shape index (κ2) is 8.36. The predicted octanol–water partition coefficient (Wildman–Crippen LogP) is -0.258. The Bertz CT molecular complexity index is 871. The first-order valence-corrected chi connectivity index (χ1v) is 8.87. The Hall–Kier alpha value is -3.05. The molecule has 0 unspecified atom stereocenters. The molecule has 11 heteroatoms. The third kappa shape index (κ3) is 5.79. The van der Waals surface area contributed by atoms with Gasteiger partial charge in [-0.05, 0) is 30.3 Å². The summed E-state index contributed by atoms with van der Waals surface area (Å²) in [5, 5.41) is 7.46. The SMILES string of the molecule is CN(CC(=O)OCC(=O)Nc1ccc(S(N)(=O)=O)cc1)c1ncccn1. The molecule has 0 spiro atoms. The number of benzene rings is 1. The Kier molecular flexibility index (Phi) is 6.20. The van der Waals surface area contributed by atoms with E-state index in [0.717, 1.165) is 0 Å². The van der Waals surface area contributed by atoms with Crippen LogP contribution in [0.4, 0.5) is 11.6 Å². The molecule has 1 heterocycles. The van der Waals surface area contributed by atoms with E-state index in [1.165, 1.54) is 29.2 Å². The molecule has 138 valence electrons. The first-order chi connectivity index (χ1) is 12.3. The quantitative estimate of drug-likeness (QED) is 0.626. The molecule has 10 nitrogen and oxygen atoms in total. The lowest BCUT2D eigenvalue weighted by Gasteiger charge is -2.15. The van der Waals surface area contributed by atoms with Crippen molar-refractivity contribution >= 4 is 33.5 Å². The van der Waals surface area contributed by atoms with E-state index in [4.69, 9.17) is 9.88 Å². The Balaban J connectivity index is 1.80. The van der Waals surface area contributed by atoms with Crippen LogP contribution in [0.25, 0.3) is 0 Å². The number of hydrogen-bond acceptors (Lipinski definition) is 8. The number of hydrogen-bond donors (Lipinski definition) is 2. The summed E-state index contributed by atoms with van der Waals surface area (Å²) in [6.07, 6.45) is 3.08. The average molecular weight is 379 g/mol. The van der Waals surface area contributed by atoms with Gasteiger partial charge in [0.2, 0.25) is 16.0 Å². The molecule has 1 aromatic heterocycles. The van der Waals surface area contributed by atoms with E-state index in [0.29, 0.717) is 11.6 Å². The van der Waals surface area contributed by atoms with Crippen molar-refractivity contribution in [1.82, 2.24) is 9.97 Å². The van der Waals surface area contributed by atoms with Crippen molar-refractivity contribution in [3.05, 3.63) is 42.7 Å². The maximum atomic E-state index is 11.8. The van der Waals surface area contributed by atoms with Gasteiger partial charge in [0, 0.05) is 25.1 Å². The highest BCUT2D eigenvalue weighted by Crippen LogP contribution is 2.12. The molecule has 1 amide bonds. The second-order valence-electron chi connectivity index (χ2n) is 5.18. The van der Waals surface area contributed by atoms with Crippen molar-refractivity contribution in [3.63, 3.8) is 0 Å². The minimum absolute atomic E-state index is 0.0758. The molecule has 0 saturated carbocycles. The number of ether oxygens (including phenoxy) is 1. The summed E-state index contributed by atoms with van der Waals surface area (Å²) in [7, 11) is -2.19. The van der Waals surface area contributed by atoms with Crippen LogP contribution in [-0.4, -0.2) is 50.5 Å². The van der Waals surface area contributed by atoms with Gasteiger partial charge in [-0.3, -0.25) is 9.59 Å². The Labute approximate surface area is 150 Å². The van der Waals surface area contributed by atoms with Gasteiger partial charge in [-0.15, -0.1) is 0 Å². The zero-order valence-corrected chi connectivity index (χ0v) is 14.6. The number of carbonyl (C=O) groups excluding carboxylic acids is 2. The molecule has 1 aromatic carbocycles. The molecule has 26 heavy (non-hydrogen) atoms. The van der Waals surface area contributed by atoms with Gasteiger partial charge in [0.25, 0.3) is 5.91 Å². The van der Waals surface area contributed by atoms with Crippen LogP contribution in [0.1, 0.15) is 0 Å². The summed E-state index contributed by atoms with van der Waals surface area (Å²) in [4.78, 5) is 32.9. The molecule has 0 atom stereocenters. The number of likely N-dealkylation sites (N-methyl/N-ethyl adjacent to an activating group) is 1. The standard InChI is InChI=1S/C15H17N5O5S/c1-20(15-17-7-2-8-18-15)9-14(22)25-10-13(21)19-11-3-5-12(6-4-11)26(16,23)24/h2-8H,9-10H2,1H3,(H,19,21)(H2,16,23,24). The predicted molar refractivity (Wildman–Crippen MR) is 92.7 cm³/mol. The third-order valence-corrected chi connectivity index (χ3v) is 4.02. The largest absolute Gasteiger partial charge is 0.454 e. The van der Waals surface area contributed by atoms with Crippen molar-refractivity contribution in [2.45, 2.75) is 4.90 Å². The molecule has 0 bridgehead atoms. The number of nitrogens with zero attached hydrogens (tertiary/aromatic N) is 3. The highest BCUT2D eigenvalue weighted by Gasteiger charge is 2.13. The van der Waals surface area contributed by atoms with Gasteiger partial charge in [0.15, 0.2) is 6.61 Å². The highest BCUT2D eigenvalue weighted by atomic mass is 32.2. The minimum Gasteiger partial charge on any atom is -0.454 e. The molecule has 0 aliphatic carbocycles. The first-order valence-electron chi connectivity index (χ1n) is 7.32. The molecule has 3 N–H and O–H groups in total. The number of sulfonamides is 1. The van der Waals surface area contributed by atoms with E-state index in [9.17, 15) is 18.0 Å². The van der Waals surface area contributed by atoms with Crippen LogP contribution in [0.15, 0.2) is 47.6 Å². The van der Waals surface area contributed by atoms with Crippen LogP contribution in [0.3, 0.4) is 0 Å². The van der Waals surface area contributed by atoms with Crippen LogP contribution in [0.5, 0.6) is 0 Å². The topological polar surface area (TPSA) is 145 Å². The summed E-state index contributed by atoms with van der Waals surface area (Å²) >= 11 is 0. The summed E-state index contributed by atoms with van der Waals surface area (Å²) < 4.78 is 27.2. The molecule has 0 aliphatic heterocycles. The van der Waals surface area contributed by atoms with Crippen LogP contribution in [0, 0.1) is 0 Å². The van der Waals surface area contributed by atoms with Crippen LogP contribution in [0.2, 0.25) is 0 Å². The second-order valence-corrected chi connectivity index (χ2v) is 6.74. The number of nitrogens with one attached hydrogen (secondary N) is 1. The molecule has 2 aromatic rings. The first kappa shape index (κ1) is 19.3. The molecule has 0 radical (unpaired) electrons. The number of nitrogens with two attached hydrogens (primary N) is 1. The van der Waals surface area contributed by atoms with Crippen molar-refractivity contribution in [2.75, 3.05) is 30.4 Å². The zero-order valence-electron chi connectivity index (χ0n) is 13.8. The smallest absolute Gasteiger partial charge is 0.326 e. The summed E-state index contributed by atoms with van der Waals surface area (Å²) in [6, 6.07) is 6.91. The normalized spacial score (nSPS) is 10.8. The fourth-order valence-electron chi connectivity index (χ4n) is 1.87. The highest BCUT2D eigenvalue weighted by molar-refractivity contribution is 7.89. The maximum absolute atomic E-state index is 11.8. The zero-order chi connectivity index (χ0) is 19.2. The fraction of sp³-hybridized carbons (Fsp3) is 0.200. The lowest BCUT2D eigenvalue weighted by atomic mass is 10.3. The van der Waals surface area contributed by atoms with Gasteiger partial charge >= 0.3 is 5.97 Å². The van der Waals surface area contributed by atoms with Gasteiger partial charge < -0.3 is 15.0 Å². The van der Waals surface area contributed by atoms with E-state index in [1.54, 1.807) is 25.5 Å². The van der Waals surface area contributed by atoms with E-state index < -0.39 is 28.5 Å².